The van der Waals surface area contributed by atoms with E-state index < -0.39 is 10.0 Å². The number of nitrogens with zero attached hydrogens (tertiary/aromatic N) is 3. The largest absolute Gasteiger partial charge is 0.511 e. The lowest BCUT2D eigenvalue weighted by molar-refractivity contribution is -0.117. The van der Waals surface area contributed by atoms with Gasteiger partial charge in [0, 0.05) is 30.9 Å². The summed E-state index contributed by atoms with van der Waals surface area (Å²) >= 11 is 0. The summed E-state index contributed by atoms with van der Waals surface area (Å²) in [5.74, 6) is -0.145. The molecular formula is C20H22N4O4S. The molecule has 29 heavy (non-hydrogen) atoms. The monoisotopic (exact) mass is 414 g/mol. The van der Waals surface area contributed by atoms with E-state index in [0.29, 0.717) is 24.2 Å². The number of carbonyl (C=O) groups excluding carboxylic acids is 1. The Morgan fingerprint density at radius 2 is 1.86 bits per heavy atom. The van der Waals surface area contributed by atoms with Crippen molar-refractivity contribution in [1.29, 1.82) is 0 Å². The first kappa shape index (κ1) is 20.7. The van der Waals surface area contributed by atoms with Crippen LogP contribution in [-0.2, 0) is 14.8 Å². The summed E-state index contributed by atoms with van der Waals surface area (Å²) in [6.45, 7) is 5.58. The van der Waals surface area contributed by atoms with Gasteiger partial charge in [-0.3, -0.25) is 9.79 Å². The van der Waals surface area contributed by atoms with Crippen LogP contribution in [-0.4, -0.2) is 35.5 Å². The van der Waals surface area contributed by atoms with Gasteiger partial charge in [-0.25, -0.2) is 23.1 Å². The second-order valence-corrected chi connectivity index (χ2v) is 9.36. The van der Waals surface area contributed by atoms with Gasteiger partial charge in [-0.05, 0) is 42.7 Å². The van der Waals surface area contributed by atoms with E-state index in [2.05, 4.69) is 19.7 Å². The number of nitrogens with one attached hydrogen (secondary N) is 1. The molecule has 1 aromatic heterocycles. The number of aryl methyl sites for hydroxylation is 1. The van der Waals surface area contributed by atoms with Crippen molar-refractivity contribution in [3.8, 4) is 0 Å². The van der Waals surface area contributed by atoms with Crippen LogP contribution in [0.4, 0.5) is 11.6 Å². The zero-order chi connectivity index (χ0) is 21.2. The second-order valence-electron chi connectivity index (χ2n) is 7.68. The SMILES string of the molecule is Cc1ccnc(NS(=O)(=O)c2ccc(N=CC3=C(O)CC(C)(C)CC3=O)cc2)n1. The molecule has 0 saturated heterocycles. The van der Waals surface area contributed by atoms with Gasteiger partial charge in [0.1, 0.15) is 5.76 Å². The number of aromatic nitrogens is 2. The van der Waals surface area contributed by atoms with Gasteiger partial charge in [-0.2, -0.15) is 0 Å². The Hall–Kier alpha value is -3.07. The second kappa shape index (κ2) is 7.75. The Balaban J connectivity index is 1.76. The van der Waals surface area contributed by atoms with Crippen molar-refractivity contribution in [2.45, 2.75) is 38.5 Å². The molecule has 0 atom stereocenters. The molecule has 2 N–H and O–H groups in total. The van der Waals surface area contributed by atoms with E-state index in [-0.39, 0.29) is 33.4 Å². The number of anilines is 1. The maximum Gasteiger partial charge on any atom is 0.264 e. The minimum Gasteiger partial charge on any atom is -0.511 e. The third-order valence-electron chi connectivity index (χ3n) is 4.41. The van der Waals surface area contributed by atoms with Crippen LogP contribution in [0.5, 0.6) is 0 Å². The molecule has 1 aliphatic rings. The van der Waals surface area contributed by atoms with Crippen LogP contribution >= 0.6 is 0 Å². The molecule has 0 spiro atoms. The van der Waals surface area contributed by atoms with Crippen LogP contribution in [0, 0.1) is 12.3 Å². The van der Waals surface area contributed by atoms with Gasteiger partial charge in [-0.1, -0.05) is 13.8 Å². The van der Waals surface area contributed by atoms with Crippen LogP contribution in [0.1, 0.15) is 32.4 Å². The van der Waals surface area contributed by atoms with Crippen LogP contribution in [0.3, 0.4) is 0 Å². The Kier molecular flexibility index (Phi) is 5.52. The van der Waals surface area contributed by atoms with Crippen molar-refractivity contribution in [2.75, 3.05) is 4.72 Å². The van der Waals surface area contributed by atoms with Crippen molar-refractivity contribution in [3.63, 3.8) is 0 Å². The van der Waals surface area contributed by atoms with Gasteiger partial charge in [0.05, 0.1) is 16.2 Å². The summed E-state index contributed by atoms with van der Waals surface area (Å²) in [6, 6.07) is 7.47. The molecule has 9 heteroatoms. The molecule has 0 radical (unpaired) electrons. The van der Waals surface area contributed by atoms with E-state index in [1.807, 2.05) is 13.8 Å². The molecule has 152 valence electrons. The van der Waals surface area contributed by atoms with E-state index in [4.69, 9.17) is 0 Å². The van der Waals surface area contributed by atoms with Crippen LogP contribution < -0.4 is 4.72 Å². The highest BCUT2D eigenvalue weighted by atomic mass is 32.2. The minimum absolute atomic E-state index is 0.00625. The first-order valence-corrected chi connectivity index (χ1v) is 10.5. The fourth-order valence-electron chi connectivity index (χ4n) is 2.98. The summed E-state index contributed by atoms with van der Waals surface area (Å²) in [7, 11) is -3.84. The minimum atomic E-state index is -3.84. The summed E-state index contributed by atoms with van der Waals surface area (Å²) in [6.07, 6.45) is 3.54. The molecule has 0 bridgehead atoms. The smallest absolute Gasteiger partial charge is 0.264 e. The Morgan fingerprint density at radius 1 is 1.17 bits per heavy atom. The average molecular weight is 414 g/mol. The third-order valence-corrected chi connectivity index (χ3v) is 5.75. The molecule has 1 aromatic carbocycles. The normalized spacial score (nSPS) is 17.0. The fraction of sp³-hybridized carbons (Fsp3) is 0.300. The number of benzene rings is 1. The Labute approximate surface area is 169 Å². The van der Waals surface area contributed by atoms with E-state index in [9.17, 15) is 18.3 Å². The topological polar surface area (TPSA) is 122 Å². The summed E-state index contributed by atoms with van der Waals surface area (Å²) in [4.78, 5) is 24.3. The molecule has 3 rings (SSSR count). The van der Waals surface area contributed by atoms with Gasteiger partial charge in [-0.15, -0.1) is 0 Å². The van der Waals surface area contributed by atoms with E-state index >= 15 is 0 Å². The predicted octanol–water partition coefficient (Wildman–Crippen LogP) is 3.49. The maximum atomic E-state index is 12.5. The van der Waals surface area contributed by atoms with Crippen LogP contribution in [0.15, 0.2) is 57.7 Å². The number of allylic oxidation sites excluding steroid dienone is 2. The first-order valence-electron chi connectivity index (χ1n) is 8.98. The number of hydrogen-bond donors (Lipinski definition) is 2. The molecular weight excluding hydrogens is 392 g/mol. The zero-order valence-corrected chi connectivity index (χ0v) is 17.2. The summed E-state index contributed by atoms with van der Waals surface area (Å²) < 4.78 is 27.2. The Bertz CT molecular complexity index is 1100. The molecule has 0 saturated carbocycles. The maximum absolute atomic E-state index is 12.5. The van der Waals surface area contributed by atoms with Gasteiger partial charge < -0.3 is 5.11 Å². The van der Waals surface area contributed by atoms with E-state index in [0.717, 1.165) is 0 Å². The molecule has 8 nitrogen and oxygen atoms in total. The number of sulfonamides is 1. The lowest BCUT2D eigenvalue weighted by Crippen LogP contribution is -2.26. The number of aliphatic hydroxyl groups is 1. The average Bonchev–Trinajstić information content (AvgIpc) is 2.60. The van der Waals surface area contributed by atoms with Crippen LogP contribution in [0.25, 0.3) is 0 Å². The zero-order valence-electron chi connectivity index (χ0n) is 16.4. The highest BCUT2D eigenvalue weighted by molar-refractivity contribution is 7.92. The van der Waals surface area contributed by atoms with Gasteiger partial charge in [0.25, 0.3) is 10.0 Å². The standard InChI is InChI=1S/C20H22N4O4S/c1-13-8-9-21-19(23-13)24-29(27,28)15-6-4-14(5-7-15)22-12-16-17(25)10-20(2,3)11-18(16)26/h4-9,12,25H,10-11H2,1-3H3,(H,21,23,24). The van der Waals surface area contributed by atoms with Gasteiger partial charge in [0.2, 0.25) is 5.95 Å². The highest BCUT2D eigenvalue weighted by Crippen LogP contribution is 2.35. The molecule has 0 unspecified atom stereocenters. The molecule has 0 fully saturated rings. The van der Waals surface area contributed by atoms with Gasteiger partial charge >= 0.3 is 0 Å². The fourth-order valence-corrected chi connectivity index (χ4v) is 3.93. The molecule has 2 aromatic rings. The molecule has 0 aliphatic heterocycles. The molecule has 0 amide bonds. The number of aliphatic hydroxyl groups excluding tert-OH is 1. The van der Waals surface area contributed by atoms with Gasteiger partial charge in [0.15, 0.2) is 5.78 Å². The quantitative estimate of drug-likeness (QED) is 0.722. The molecule has 1 aliphatic carbocycles. The number of ketones is 1. The summed E-state index contributed by atoms with van der Waals surface area (Å²) in [5, 5.41) is 10.1. The van der Waals surface area contributed by atoms with E-state index in [1.54, 1.807) is 13.0 Å². The number of aliphatic imine (C=N–C) groups is 1. The number of hydrogen-bond acceptors (Lipinski definition) is 7. The van der Waals surface area contributed by atoms with Crippen molar-refractivity contribution < 1.29 is 18.3 Å². The first-order chi connectivity index (χ1) is 13.6. The van der Waals surface area contributed by atoms with Crippen molar-refractivity contribution >= 4 is 33.7 Å². The van der Waals surface area contributed by atoms with Crippen molar-refractivity contribution in [3.05, 3.63) is 53.6 Å². The number of rotatable bonds is 5. The number of carbonyl (C=O) groups is 1. The lowest BCUT2D eigenvalue weighted by Gasteiger charge is -2.28. The summed E-state index contributed by atoms with van der Waals surface area (Å²) in [5.41, 5.74) is 1.01. The van der Waals surface area contributed by atoms with E-state index in [1.165, 1.54) is 36.7 Å². The van der Waals surface area contributed by atoms with Crippen molar-refractivity contribution in [2.24, 2.45) is 10.4 Å². The lowest BCUT2D eigenvalue weighted by atomic mass is 9.77. The van der Waals surface area contributed by atoms with Crippen molar-refractivity contribution in [1.82, 2.24) is 9.97 Å². The highest BCUT2D eigenvalue weighted by Gasteiger charge is 2.32. The van der Waals surface area contributed by atoms with Crippen LogP contribution in [0.2, 0.25) is 0 Å². The third kappa shape index (κ3) is 5.05. The molecule has 1 heterocycles. The Morgan fingerprint density at radius 3 is 2.48 bits per heavy atom. The number of Topliss-reactive ketones (excluding diaryl/α,β-unsaturated/α-hetero) is 1. The predicted molar refractivity (Wildman–Crippen MR) is 110 cm³/mol.